The van der Waals surface area contributed by atoms with Gasteiger partial charge in [-0.2, -0.15) is 0 Å². The Balaban J connectivity index is 0.000000623. The minimum absolute atomic E-state index is 0.767. The molecule has 0 N–H and O–H groups in total. The molecule has 2 heterocycles. The number of hydrogen-bond donors (Lipinski definition) is 0. The third-order valence-electron chi connectivity index (χ3n) is 5.37. The Bertz CT molecular complexity index is 1030. The second-order valence-corrected chi connectivity index (χ2v) is 10.0. The van der Waals surface area contributed by atoms with Crippen LogP contribution in [-0.2, 0) is 4.74 Å². The molecule has 0 aromatic heterocycles. The normalized spacial score (nSPS) is 15.6. The van der Waals surface area contributed by atoms with Crippen LogP contribution in [0.3, 0.4) is 0 Å². The SMILES string of the molecule is CN(C)c1ccc(C(=C2C=NC(=[N+]3CCOCC3)S2)c2ccc(N(C)C)cc2)cc1.[O-][Cl+3]([O-])([O-])[O-]. The molecule has 2 aromatic rings. The second kappa shape index (κ2) is 12.0. The van der Waals surface area contributed by atoms with Crippen molar-refractivity contribution < 1.29 is 38.2 Å². The minimum atomic E-state index is -4.94. The monoisotopic (exact) mass is 520 g/mol. The van der Waals surface area contributed by atoms with Gasteiger partial charge >= 0.3 is 5.17 Å². The van der Waals surface area contributed by atoms with Crippen LogP contribution in [0, 0.1) is 10.2 Å². The van der Waals surface area contributed by atoms with Gasteiger partial charge in [-0.25, -0.2) is 23.2 Å². The molecule has 2 aliphatic rings. The molecule has 0 radical (unpaired) electrons. The fourth-order valence-electron chi connectivity index (χ4n) is 3.58. The van der Waals surface area contributed by atoms with E-state index in [9.17, 15) is 0 Å². The Morgan fingerprint density at radius 1 is 0.829 bits per heavy atom. The number of aliphatic imine (C=N–C) groups is 1. The van der Waals surface area contributed by atoms with Gasteiger partial charge in [-0.05, 0) is 40.4 Å². The number of thioether (sulfide) groups is 1. The van der Waals surface area contributed by atoms with Gasteiger partial charge in [0.05, 0.1) is 18.1 Å². The number of benzene rings is 2. The molecule has 0 saturated carbocycles. The number of anilines is 2. The van der Waals surface area contributed by atoms with Crippen LogP contribution in [0.25, 0.3) is 5.57 Å². The maximum absolute atomic E-state index is 8.49. The highest BCUT2D eigenvalue weighted by molar-refractivity contribution is 8.18. The predicted octanol–water partition coefficient (Wildman–Crippen LogP) is -0.962. The zero-order chi connectivity index (χ0) is 25.6. The van der Waals surface area contributed by atoms with Crippen LogP contribution < -0.4 is 28.4 Å². The second-order valence-electron chi connectivity index (χ2n) is 8.24. The molecule has 0 amide bonds. The van der Waals surface area contributed by atoms with Crippen molar-refractivity contribution in [1.82, 2.24) is 0 Å². The topological polar surface area (TPSA) is 123 Å². The van der Waals surface area contributed by atoms with Crippen molar-refractivity contribution in [3.8, 4) is 0 Å². The van der Waals surface area contributed by atoms with Gasteiger partial charge in [0.15, 0.2) is 6.21 Å². The summed E-state index contributed by atoms with van der Waals surface area (Å²) in [6.45, 7) is 3.33. The van der Waals surface area contributed by atoms with Crippen LogP contribution in [0.4, 0.5) is 11.4 Å². The van der Waals surface area contributed by atoms with Gasteiger partial charge in [0.25, 0.3) is 0 Å². The van der Waals surface area contributed by atoms with Crippen molar-refractivity contribution in [2.45, 2.75) is 0 Å². The number of rotatable bonds is 4. The lowest BCUT2D eigenvalue weighted by Gasteiger charge is -2.17. The van der Waals surface area contributed by atoms with Crippen molar-refractivity contribution in [3.05, 3.63) is 64.6 Å². The summed E-state index contributed by atoms with van der Waals surface area (Å²) in [7, 11) is 3.32. The van der Waals surface area contributed by atoms with Crippen LogP contribution in [-0.4, -0.2) is 70.5 Å². The van der Waals surface area contributed by atoms with Crippen molar-refractivity contribution in [2.75, 3.05) is 64.3 Å². The summed E-state index contributed by atoms with van der Waals surface area (Å²) in [6, 6.07) is 17.5. The van der Waals surface area contributed by atoms with Gasteiger partial charge in [0, 0.05) is 56.9 Å². The number of morpholine rings is 1. The molecule has 4 rings (SSSR count). The zero-order valence-corrected chi connectivity index (χ0v) is 21.7. The highest BCUT2D eigenvalue weighted by atomic mass is 35.7. The molecule has 0 unspecified atom stereocenters. The van der Waals surface area contributed by atoms with E-state index in [1.165, 1.54) is 33.0 Å². The lowest BCUT2D eigenvalue weighted by molar-refractivity contribution is -2.00. The van der Waals surface area contributed by atoms with E-state index < -0.39 is 10.2 Å². The maximum atomic E-state index is 8.49. The van der Waals surface area contributed by atoms with Crippen LogP contribution in [0.15, 0.2) is 58.4 Å². The Morgan fingerprint density at radius 2 is 1.26 bits per heavy atom. The van der Waals surface area contributed by atoms with Gasteiger partial charge in [-0.15, -0.1) is 10.2 Å². The largest absolute Gasteiger partial charge is 0.378 e. The maximum Gasteiger partial charge on any atom is 0.359 e. The average molecular weight is 521 g/mol. The Hall–Kier alpha value is -2.44. The first kappa shape index (κ1) is 27.2. The van der Waals surface area contributed by atoms with E-state index >= 15 is 0 Å². The molecule has 188 valence electrons. The van der Waals surface area contributed by atoms with Crippen molar-refractivity contribution in [1.29, 1.82) is 0 Å². The van der Waals surface area contributed by atoms with Gasteiger partial charge in [0.1, 0.15) is 13.1 Å². The van der Waals surface area contributed by atoms with Crippen LogP contribution in [0.5, 0.6) is 0 Å². The number of ether oxygens (including phenoxy) is 1. The number of nitrogens with zero attached hydrogens (tertiary/aromatic N) is 4. The van der Waals surface area contributed by atoms with E-state index in [0.29, 0.717) is 0 Å². The lowest BCUT2D eigenvalue weighted by atomic mass is 9.97. The summed E-state index contributed by atoms with van der Waals surface area (Å²) in [5, 5.41) is 1.07. The third kappa shape index (κ3) is 8.04. The molecule has 35 heavy (non-hydrogen) atoms. The minimum Gasteiger partial charge on any atom is -0.378 e. The molecule has 2 aliphatic heterocycles. The standard InChI is InChI=1S/C24H29N4OS.ClHO4/c1-26(2)20-9-5-18(6-10-20)23(19-7-11-21(12-8-19)27(3)4)22-17-25-24(30-22)28-13-15-29-16-14-28;2-1(3,4)5/h5-12,17H,13-16H2,1-4H3;(H,2,3,4,5)/q+1;/p-1. The highest BCUT2D eigenvalue weighted by Gasteiger charge is 2.27. The van der Waals surface area contributed by atoms with Crippen LogP contribution >= 0.6 is 11.8 Å². The number of amidine groups is 1. The average Bonchev–Trinajstić information content (AvgIpc) is 3.29. The molecule has 9 nitrogen and oxygen atoms in total. The summed E-state index contributed by atoms with van der Waals surface area (Å²) in [5.41, 5.74) is 6.02. The Kier molecular flexibility index (Phi) is 9.31. The summed E-state index contributed by atoms with van der Waals surface area (Å²) in [6.07, 6.45) is 2.02. The first-order chi connectivity index (χ1) is 16.5. The summed E-state index contributed by atoms with van der Waals surface area (Å²) < 4.78 is 41.8. The molecule has 1 saturated heterocycles. The van der Waals surface area contributed by atoms with Gasteiger partial charge in [0.2, 0.25) is 0 Å². The quantitative estimate of drug-likeness (QED) is 0.472. The lowest BCUT2D eigenvalue weighted by Crippen LogP contribution is -2.68. The van der Waals surface area contributed by atoms with Crippen molar-refractivity contribution >= 4 is 40.1 Å². The van der Waals surface area contributed by atoms with E-state index in [1.807, 2.05) is 6.21 Å². The summed E-state index contributed by atoms with van der Waals surface area (Å²) in [4.78, 5) is 10.2. The van der Waals surface area contributed by atoms with E-state index in [-0.39, 0.29) is 0 Å². The third-order valence-corrected chi connectivity index (χ3v) is 6.44. The van der Waals surface area contributed by atoms with Crippen LogP contribution in [0.1, 0.15) is 11.1 Å². The molecule has 2 aromatic carbocycles. The number of allylic oxidation sites excluding steroid dienone is 1. The number of halogens is 1. The molecular formula is C24H29ClN4O5S. The molecule has 11 heteroatoms. The molecule has 0 bridgehead atoms. The van der Waals surface area contributed by atoms with Crippen molar-refractivity contribution in [2.24, 2.45) is 4.99 Å². The van der Waals surface area contributed by atoms with Crippen LogP contribution in [0.2, 0.25) is 0 Å². The highest BCUT2D eigenvalue weighted by Crippen LogP contribution is 2.36. The molecule has 0 atom stereocenters. The molecule has 0 aliphatic carbocycles. The fraction of sp³-hybridized carbons (Fsp3) is 0.333. The van der Waals surface area contributed by atoms with E-state index in [2.05, 4.69) is 91.1 Å². The number of hydrogen-bond acceptors (Lipinski definition) is 8. The Labute approximate surface area is 212 Å². The van der Waals surface area contributed by atoms with E-state index in [0.717, 1.165) is 31.5 Å². The first-order valence-electron chi connectivity index (χ1n) is 10.9. The predicted molar refractivity (Wildman–Crippen MR) is 129 cm³/mol. The molecule has 0 spiro atoms. The van der Waals surface area contributed by atoms with Crippen molar-refractivity contribution in [3.63, 3.8) is 0 Å². The summed E-state index contributed by atoms with van der Waals surface area (Å²) in [5.74, 6) is 0. The molecular weight excluding hydrogens is 492 g/mol. The van der Waals surface area contributed by atoms with Gasteiger partial charge < -0.3 is 14.5 Å². The summed E-state index contributed by atoms with van der Waals surface area (Å²) >= 11 is 1.76. The van der Waals surface area contributed by atoms with Gasteiger partial charge in [-0.1, -0.05) is 24.3 Å². The molecule has 1 fully saturated rings. The zero-order valence-electron chi connectivity index (χ0n) is 20.1. The van der Waals surface area contributed by atoms with E-state index in [4.69, 9.17) is 28.4 Å². The Morgan fingerprint density at radius 3 is 1.66 bits per heavy atom. The van der Waals surface area contributed by atoms with E-state index in [1.54, 1.807) is 11.8 Å². The van der Waals surface area contributed by atoms with Gasteiger partial charge in [-0.3, -0.25) is 0 Å². The first-order valence-corrected chi connectivity index (χ1v) is 12.9. The smallest absolute Gasteiger partial charge is 0.359 e. The fourth-order valence-corrected chi connectivity index (χ4v) is 4.64.